The van der Waals surface area contributed by atoms with Gasteiger partial charge in [-0.05, 0) is 38.1 Å². The van der Waals surface area contributed by atoms with Crippen LogP contribution < -0.4 is 0 Å². The molecule has 0 saturated heterocycles. The number of hydrogen-bond donors (Lipinski definition) is 2. The van der Waals surface area contributed by atoms with E-state index in [0.717, 1.165) is 5.69 Å². The maximum Gasteiger partial charge on any atom is 0.224 e. The minimum absolute atomic E-state index is 0.0227. The Balaban J connectivity index is 2.15. The standard InChI is InChI=1S/C14H12Cl2N4O/c1-7-5-12(18-17-7)13-8(2)19-20(14(13)21)9-3-4-10(15)11(16)6-9/h3-6,21H,1-2H3,(H,17,18). The normalized spacial score (nSPS) is 11.0. The van der Waals surface area contributed by atoms with E-state index in [2.05, 4.69) is 15.3 Å². The maximum absolute atomic E-state index is 10.5. The van der Waals surface area contributed by atoms with E-state index in [9.17, 15) is 5.11 Å². The Morgan fingerprint density at radius 3 is 2.52 bits per heavy atom. The number of aromatic nitrogens is 4. The molecule has 3 aromatic rings. The van der Waals surface area contributed by atoms with Crippen LogP contribution in [0.25, 0.3) is 16.9 Å². The molecule has 0 amide bonds. The van der Waals surface area contributed by atoms with Crippen LogP contribution in [0.3, 0.4) is 0 Å². The smallest absolute Gasteiger partial charge is 0.224 e. The number of nitrogens with zero attached hydrogens (tertiary/aromatic N) is 3. The third-order valence-corrected chi connectivity index (χ3v) is 3.90. The third kappa shape index (κ3) is 2.39. The highest BCUT2D eigenvalue weighted by atomic mass is 35.5. The number of aromatic hydroxyl groups is 1. The lowest BCUT2D eigenvalue weighted by atomic mass is 10.2. The number of halogens is 2. The van der Waals surface area contributed by atoms with Crippen LogP contribution in [-0.4, -0.2) is 25.1 Å². The third-order valence-electron chi connectivity index (χ3n) is 3.16. The van der Waals surface area contributed by atoms with E-state index in [1.807, 2.05) is 19.9 Å². The first-order valence-electron chi connectivity index (χ1n) is 6.23. The van der Waals surface area contributed by atoms with Gasteiger partial charge < -0.3 is 5.11 Å². The molecule has 0 radical (unpaired) electrons. The second kappa shape index (κ2) is 5.09. The van der Waals surface area contributed by atoms with E-state index >= 15 is 0 Å². The Kier molecular flexibility index (Phi) is 3.39. The highest BCUT2D eigenvalue weighted by Crippen LogP contribution is 2.34. The summed E-state index contributed by atoms with van der Waals surface area (Å²) < 4.78 is 1.42. The van der Waals surface area contributed by atoms with Gasteiger partial charge in [-0.2, -0.15) is 10.2 Å². The first-order chi connectivity index (χ1) is 9.97. The van der Waals surface area contributed by atoms with E-state index in [1.165, 1.54) is 4.68 Å². The zero-order valence-electron chi connectivity index (χ0n) is 11.4. The van der Waals surface area contributed by atoms with E-state index in [1.54, 1.807) is 18.2 Å². The Hall–Kier alpha value is -1.98. The molecule has 0 unspecified atom stereocenters. The molecule has 108 valence electrons. The van der Waals surface area contributed by atoms with Crippen LogP contribution in [0.5, 0.6) is 5.88 Å². The predicted molar refractivity (Wildman–Crippen MR) is 82.3 cm³/mol. The molecule has 0 aliphatic rings. The quantitative estimate of drug-likeness (QED) is 0.752. The monoisotopic (exact) mass is 322 g/mol. The van der Waals surface area contributed by atoms with Crippen LogP contribution in [0.4, 0.5) is 0 Å². The van der Waals surface area contributed by atoms with Crippen LogP contribution in [-0.2, 0) is 0 Å². The molecule has 0 aliphatic heterocycles. The van der Waals surface area contributed by atoms with Gasteiger partial charge in [-0.25, -0.2) is 4.68 Å². The van der Waals surface area contributed by atoms with Gasteiger partial charge in [0.05, 0.1) is 38.4 Å². The number of nitrogens with one attached hydrogen (secondary N) is 1. The molecule has 3 rings (SSSR count). The summed E-state index contributed by atoms with van der Waals surface area (Å²) in [6.45, 7) is 3.69. The van der Waals surface area contributed by atoms with Crippen LogP contribution >= 0.6 is 23.2 Å². The molecule has 0 saturated carbocycles. The molecule has 2 heterocycles. The van der Waals surface area contributed by atoms with Crippen LogP contribution in [0, 0.1) is 13.8 Å². The van der Waals surface area contributed by atoms with E-state index in [-0.39, 0.29) is 5.88 Å². The van der Waals surface area contributed by atoms with E-state index in [4.69, 9.17) is 23.2 Å². The highest BCUT2D eigenvalue weighted by Gasteiger charge is 2.19. The number of H-pyrrole nitrogens is 1. The zero-order chi connectivity index (χ0) is 15.1. The van der Waals surface area contributed by atoms with Crippen LogP contribution in [0.15, 0.2) is 24.3 Å². The number of aryl methyl sites for hydroxylation is 2. The van der Waals surface area contributed by atoms with E-state index < -0.39 is 0 Å². The van der Waals surface area contributed by atoms with Gasteiger partial charge in [-0.15, -0.1) is 0 Å². The van der Waals surface area contributed by atoms with Crippen molar-refractivity contribution in [1.29, 1.82) is 0 Å². The van der Waals surface area contributed by atoms with Crippen molar-refractivity contribution >= 4 is 23.2 Å². The highest BCUT2D eigenvalue weighted by molar-refractivity contribution is 6.42. The SMILES string of the molecule is Cc1cc(-c2c(C)nn(-c3ccc(Cl)c(Cl)c3)c2O)[nH]n1. The average molecular weight is 323 g/mol. The van der Waals surface area contributed by atoms with Crippen molar-refractivity contribution in [3.8, 4) is 22.8 Å². The van der Waals surface area contributed by atoms with Crippen molar-refractivity contribution in [3.63, 3.8) is 0 Å². The topological polar surface area (TPSA) is 66.7 Å². The van der Waals surface area contributed by atoms with Crippen molar-refractivity contribution in [2.45, 2.75) is 13.8 Å². The molecule has 0 atom stereocenters. The summed E-state index contributed by atoms with van der Waals surface area (Å²) in [6, 6.07) is 6.90. The number of benzene rings is 1. The molecule has 0 spiro atoms. The molecule has 2 N–H and O–H groups in total. The lowest BCUT2D eigenvalue weighted by molar-refractivity contribution is 0.435. The summed E-state index contributed by atoms with van der Waals surface area (Å²) in [6.07, 6.45) is 0. The molecule has 0 aliphatic carbocycles. The largest absolute Gasteiger partial charge is 0.493 e. The van der Waals surface area contributed by atoms with Gasteiger partial charge in [0, 0.05) is 0 Å². The molecule has 0 bridgehead atoms. The van der Waals surface area contributed by atoms with Crippen LogP contribution in [0.2, 0.25) is 10.0 Å². The molecule has 5 nitrogen and oxygen atoms in total. The molecule has 0 fully saturated rings. The van der Waals surface area contributed by atoms with Gasteiger partial charge in [0.25, 0.3) is 0 Å². The number of hydrogen-bond acceptors (Lipinski definition) is 3. The summed E-state index contributed by atoms with van der Waals surface area (Å²) in [5.74, 6) is 0.0227. The van der Waals surface area contributed by atoms with Gasteiger partial charge >= 0.3 is 0 Å². The Morgan fingerprint density at radius 1 is 1.14 bits per heavy atom. The maximum atomic E-state index is 10.5. The lowest BCUT2D eigenvalue weighted by Gasteiger charge is -2.05. The average Bonchev–Trinajstić information content (AvgIpc) is 2.97. The first-order valence-corrected chi connectivity index (χ1v) is 6.99. The second-order valence-corrected chi connectivity index (χ2v) is 5.53. The van der Waals surface area contributed by atoms with Crippen LogP contribution in [0.1, 0.15) is 11.4 Å². The summed E-state index contributed by atoms with van der Waals surface area (Å²) in [5, 5.41) is 22.6. The molecular weight excluding hydrogens is 311 g/mol. The molecule has 2 aromatic heterocycles. The van der Waals surface area contributed by atoms with E-state index in [0.29, 0.717) is 32.7 Å². The molecule has 7 heteroatoms. The molecular formula is C14H12Cl2N4O. The Labute approximate surface area is 131 Å². The fourth-order valence-electron chi connectivity index (χ4n) is 2.18. The second-order valence-electron chi connectivity index (χ2n) is 4.72. The van der Waals surface area contributed by atoms with Crippen molar-refractivity contribution < 1.29 is 5.11 Å². The van der Waals surface area contributed by atoms with Gasteiger partial charge in [0.1, 0.15) is 0 Å². The summed E-state index contributed by atoms with van der Waals surface area (Å²) >= 11 is 11.9. The van der Waals surface area contributed by atoms with Gasteiger partial charge in [0.15, 0.2) is 0 Å². The van der Waals surface area contributed by atoms with Crippen molar-refractivity contribution in [2.75, 3.05) is 0 Å². The molecule has 21 heavy (non-hydrogen) atoms. The number of aromatic amines is 1. The minimum Gasteiger partial charge on any atom is -0.493 e. The predicted octanol–water partition coefficient (Wildman–Crippen LogP) is 3.89. The van der Waals surface area contributed by atoms with Gasteiger partial charge in [0.2, 0.25) is 5.88 Å². The van der Waals surface area contributed by atoms with Crippen molar-refractivity contribution in [1.82, 2.24) is 20.0 Å². The molecule has 1 aromatic carbocycles. The zero-order valence-corrected chi connectivity index (χ0v) is 12.9. The fourth-order valence-corrected chi connectivity index (χ4v) is 2.47. The van der Waals surface area contributed by atoms with Crippen molar-refractivity contribution in [2.24, 2.45) is 0 Å². The number of rotatable bonds is 2. The fraction of sp³-hybridized carbons (Fsp3) is 0.143. The van der Waals surface area contributed by atoms with Crippen molar-refractivity contribution in [3.05, 3.63) is 45.7 Å². The lowest BCUT2D eigenvalue weighted by Crippen LogP contribution is -1.96. The summed E-state index contributed by atoms with van der Waals surface area (Å²) in [5.41, 5.74) is 3.48. The van der Waals surface area contributed by atoms with Gasteiger partial charge in [-0.1, -0.05) is 23.2 Å². The summed E-state index contributed by atoms with van der Waals surface area (Å²) in [7, 11) is 0. The summed E-state index contributed by atoms with van der Waals surface area (Å²) in [4.78, 5) is 0. The Bertz CT molecular complexity index is 822. The Morgan fingerprint density at radius 2 is 1.90 bits per heavy atom. The first kappa shape index (κ1) is 14.0. The minimum atomic E-state index is 0.0227. The van der Waals surface area contributed by atoms with Gasteiger partial charge in [-0.3, -0.25) is 5.10 Å².